The van der Waals surface area contributed by atoms with E-state index < -0.39 is 18.1 Å². The lowest BCUT2D eigenvalue weighted by Crippen LogP contribution is -2.39. The molecule has 7 nitrogen and oxygen atoms in total. The van der Waals surface area contributed by atoms with Crippen molar-refractivity contribution in [3.05, 3.63) is 59.7 Å². The van der Waals surface area contributed by atoms with E-state index in [1.165, 1.54) is 11.9 Å². The number of hydrogen-bond acceptors (Lipinski definition) is 5. The fraction of sp³-hybridized carbons (Fsp3) is 0.318. The number of amides is 2. The van der Waals surface area contributed by atoms with Gasteiger partial charge >= 0.3 is 12.1 Å². The Balaban J connectivity index is 1.46. The second-order valence-electron chi connectivity index (χ2n) is 7.09. The molecular formula is C22H22N2O5. The Hall–Kier alpha value is -3.35. The van der Waals surface area contributed by atoms with Crippen LogP contribution >= 0.6 is 0 Å². The summed E-state index contributed by atoms with van der Waals surface area (Å²) in [6.07, 6.45) is -0.286. The van der Waals surface area contributed by atoms with Gasteiger partial charge in [-0.1, -0.05) is 48.5 Å². The largest absolute Gasteiger partial charge is 0.448 e. The zero-order chi connectivity index (χ0) is 20.4. The van der Waals surface area contributed by atoms with Gasteiger partial charge in [0.15, 0.2) is 6.73 Å². The Morgan fingerprint density at radius 1 is 1.10 bits per heavy atom. The lowest BCUT2D eigenvalue weighted by molar-refractivity contribution is -0.139. The minimum Gasteiger partial charge on any atom is -0.448 e. The summed E-state index contributed by atoms with van der Waals surface area (Å²) in [6, 6.07) is 15.4. The third-order valence-electron chi connectivity index (χ3n) is 5.49. The van der Waals surface area contributed by atoms with E-state index in [4.69, 9.17) is 9.47 Å². The standard InChI is InChI=1S/C22H22N2O5/c1-23-20(25)11-10-19-21(26)29-13-24(19)22(27)28-12-18-16-8-4-2-6-14(16)15-7-3-5-9-17(15)18/h2-9,18-19H,10-13H2,1H3,(H,23,25)/t19-/m0/s1. The van der Waals surface area contributed by atoms with Crippen molar-refractivity contribution in [2.75, 3.05) is 20.4 Å². The fourth-order valence-corrected chi connectivity index (χ4v) is 3.97. The summed E-state index contributed by atoms with van der Waals surface area (Å²) in [5.41, 5.74) is 4.53. The number of nitrogens with one attached hydrogen (secondary N) is 1. The van der Waals surface area contributed by atoms with Crippen molar-refractivity contribution in [2.45, 2.75) is 24.8 Å². The predicted molar refractivity (Wildman–Crippen MR) is 105 cm³/mol. The molecule has 2 aromatic rings. The van der Waals surface area contributed by atoms with E-state index in [2.05, 4.69) is 17.4 Å². The van der Waals surface area contributed by atoms with E-state index in [0.717, 1.165) is 22.3 Å². The Morgan fingerprint density at radius 3 is 2.34 bits per heavy atom. The summed E-state index contributed by atoms with van der Waals surface area (Å²) in [6.45, 7) is 0.00757. The average molecular weight is 394 g/mol. The van der Waals surface area contributed by atoms with Crippen LogP contribution in [0.4, 0.5) is 4.79 Å². The molecule has 0 unspecified atom stereocenters. The number of ether oxygens (including phenoxy) is 2. The average Bonchev–Trinajstić information content (AvgIpc) is 3.28. The van der Waals surface area contributed by atoms with Gasteiger partial charge in [0, 0.05) is 19.4 Å². The highest BCUT2D eigenvalue weighted by Gasteiger charge is 2.39. The van der Waals surface area contributed by atoms with Gasteiger partial charge in [0.1, 0.15) is 12.6 Å². The van der Waals surface area contributed by atoms with Gasteiger partial charge in [0.2, 0.25) is 5.91 Å². The molecule has 1 N–H and O–H groups in total. The maximum Gasteiger partial charge on any atom is 0.413 e. The Bertz CT molecular complexity index is 912. The summed E-state index contributed by atoms with van der Waals surface area (Å²) in [4.78, 5) is 37.4. The first-order valence-corrected chi connectivity index (χ1v) is 9.59. The smallest absolute Gasteiger partial charge is 0.413 e. The predicted octanol–water partition coefficient (Wildman–Crippen LogP) is 2.65. The molecule has 2 aliphatic rings. The second-order valence-corrected chi connectivity index (χ2v) is 7.09. The normalized spacial score (nSPS) is 17.5. The third kappa shape index (κ3) is 3.55. The van der Waals surface area contributed by atoms with Crippen LogP contribution in [0, 0.1) is 0 Å². The van der Waals surface area contributed by atoms with Crippen LogP contribution in [-0.4, -0.2) is 49.3 Å². The monoisotopic (exact) mass is 394 g/mol. The summed E-state index contributed by atoms with van der Waals surface area (Å²) in [5, 5.41) is 2.50. The summed E-state index contributed by atoms with van der Waals surface area (Å²) in [7, 11) is 1.53. The van der Waals surface area contributed by atoms with Gasteiger partial charge < -0.3 is 14.8 Å². The number of esters is 1. The van der Waals surface area contributed by atoms with Gasteiger partial charge in [0.25, 0.3) is 0 Å². The van der Waals surface area contributed by atoms with E-state index in [9.17, 15) is 14.4 Å². The Morgan fingerprint density at radius 2 is 1.72 bits per heavy atom. The van der Waals surface area contributed by atoms with Crippen LogP contribution < -0.4 is 5.32 Å². The quantitative estimate of drug-likeness (QED) is 0.788. The maximum absolute atomic E-state index is 12.7. The Kier molecular flexibility index (Phi) is 5.20. The molecule has 1 atom stereocenters. The number of carbonyl (C=O) groups excluding carboxylic acids is 3. The van der Waals surface area contributed by atoms with E-state index >= 15 is 0 Å². The fourth-order valence-electron chi connectivity index (χ4n) is 3.97. The number of carbonyl (C=O) groups is 3. The van der Waals surface area contributed by atoms with Crippen molar-refractivity contribution in [1.82, 2.24) is 10.2 Å². The molecule has 0 bridgehead atoms. The molecular weight excluding hydrogens is 372 g/mol. The molecule has 2 aromatic carbocycles. The minimum atomic E-state index is -0.803. The van der Waals surface area contributed by atoms with Crippen molar-refractivity contribution < 1.29 is 23.9 Å². The second kappa shape index (κ2) is 7.95. The molecule has 0 aromatic heterocycles. The van der Waals surface area contributed by atoms with Crippen LogP contribution in [0.5, 0.6) is 0 Å². The number of fused-ring (bicyclic) bond motifs is 3. The topological polar surface area (TPSA) is 84.9 Å². The van der Waals surface area contributed by atoms with Crippen LogP contribution in [0.25, 0.3) is 11.1 Å². The number of benzene rings is 2. The van der Waals surface area contributed by atoms with Gasteiger partial charge in [-0.05, 0) is 28.7 Å². The number of rotatable bonds is 5. The first-order chi connectivity index (χ1) is 14.1. The molecule has 1 saturated heterocycles. The molecule has 1 aliphatic heterocycles. The molecule has 4 rings (SSSR count). The SMILES string of the molecule is CNC(=O)CC[C@H]1C(=O)OCN1C(=O)OCC1c2ccccc2-c2ccccc21. The highest BCUT2D eigenvalue weighted by Crippen LogP contribution is 2.44. The Labute approximate surface area is 168 Å². The van der Waals surface area contributed by atoms with E-state index in [-0.39, 0.29) is 38.0 Å². The minimum absolute atomic E-state index is 0.0603. The van der Waals surface area contributed by atoms with Crippen molar-refractivity contribution in [1.29, 1.82) is 0 Å². The number of hydrogen-bond donors (Lipinski definition) is 1. The highest BCUT2D eigenvalue weighted by molar-refractivity contribution is 5.85. The highest BCUT2D eigenvalue weighted by atomic mass is 16.6. The van der Waals surface area contributed by atoms with Gasteiger partial charge in [-0.15, -0.1) is 0 Å². The molecule has 0 radical (unpaired) electrons. The first-order valence-electron chi connectivity index (χ1n) is 9.59. The summed E-state index contributed by atoms with van der Waals surface area (Å²) >= 11 is 0. The zero-order valence-electron chi connectivity index (χ0n) is 16.1. The van der Waals surface area contributed by atoms with Crippen LogP contribution in [0.2, 0.25) is 0 Å². The van der Waals surface area contributed by atoms with Crippen molar-refractivity contribution in [2.24, 2.45) is 0 Å². The lowest BCUT2D eigenvalue weighted by atomic mass is 9.98. The van der Waals surface area contributed by atoms with Crippen LogP contribution in [0.3, 0.4) is 0 Å². The van der Waals surface area contributed by atoms with Gasteiger partial charge in [-0.2, -0.15) is 0 Å². The van der Waals surface area contributed by atoms with E-state index in [0.29, 0.717) is 0 Å². The van der Waals surface area contributed by atoms with E-state index in [1.54, 1.807) is 0 Å². The summed E-state index contributed by atoms with van der Waals surface area (Å²) < 4.78 is 10.6. The summed E-state index contributed by atoms with van der Waals surface area (Å²) in [5.74, 6) is -0.769. The molecule has 7 heteroatoms. The van der Waals surface area contributed by atoms with Crippen molar-refractivity contribution >= 4 is 18.0 Å². The molecule has 0 saturated carbocycles. The molecule has 150 valence electrons. The maximum atomic E-state index is 12.7. The van der Waals surface area contributed by atoms with Gasteiger partial charge in [-0.25, -0.2) is 9.59 Å². The molecule has 1 heterocycles. The first kappa shape index (κ1) is 19.0. The van der Waals surface area contributed by atoms with Crippen molar-refractivity contribution in [3.8, 4) is 11.1 Å². The van der Waals surface area contributed by atoms with Gasteiger partial charge in [0.05, 0.1) is 0 Å². The van der Waals surface area contributed by atoms with Crippen LogP contribution in [-0.2, 0) is 19.1 Å². The van der Waals surface area contributed by atoms with E-state index in [1.807, 2.05) is 36.4 Å². The zero-order valence-corrected chi connectivity index (χ0v) is 16.1. The third-order valence-corrected chi connectivity index (χ3v) is 5.49. The molecule has 1 aliphatic carbocycles. The molecule has 2 amide bonds. The molecule has 1 fully saturated rings. The van der Waals surface area contributed by atoms with Crippen LogP contribution in [0.1, 0.15) is 29.9 Å². The number of cyclic esters (lactones) is 1. The molecule has 0 spiro atoms. The molecule has 29 heavy (non-hydrogen) atoms. The lowest BCUT2D eigenvalue weighted by Gasteiger charge is -2.21. The van der Waals surface area contributed by atoms with Gasteiger partial charge in [-0.3, -0.25) is 9.69 Å². The van der Waals surface area contributed by atoms with Crippen LogP contribution in [0.15, 0.2) is 48.5 Å². The van der Waals surface area contributed by atoms with Crippen molar-refractivity contribution in [3.63, 3.8) is 0 Å². The number of nitrogens with zero attached hydrogens (tertiary/aromatic N) is 1.